The molecule has 1 aliphatic carbocycles. The van der Waals surface area contributed by atoms with Crippen molar-refractivity contribution >= 4 is 23.2 Å². The molecule has 2 heterocycles. The summed E-state index contributed by atoms with van der Waals surface area (Å²) in [4.78, 5) is 27.6. The second-order valence-corrected chi connectivity index (χ2v) is 8.54. The fourth-order valence-electron chi connectivity index (χ4n) is 4.32. The fraction of sp³-hybridized carbons (Fsp3) is 0.700. The molecular formula is C20H31N3O2S. The Morgan fingerprint density at radius 1 is 1.04 bits per heavy atom. The molecule has 0 aromatic carbocycles. The minimum Gasteiger partial charge on any atom is -0.354 e. The van der Waals surface area contributed by atoms with Crippen molar-refractivity contribution in [1.29, 1.82) is 0 Å². The summed E-state index contributed by atoms with van der Waals surface area (Å²) in [5, 5.41) is 7.88. The summed E-state index contributed by atoms with van der Waals surface area (Å²) in [6, 6.07) is 3.65. The first kappa shape index (κ1) is 19.4. The van der Waals surface area contributed by atoms with Crippen molar-refractivity contribution in [2.75, 3.05) is 26.2 Å². The molecule has 1 saturated carbocycles. The monoisotopic (exact) mass is 377 g/mol. The first-order valence-electron chi connectivity index (χ1n) is 10.0. The summed E-state index contributed by atoms with van der Waals surface area (Å²) in [7, 11) is 0. The molecule has 2 fully saturated rings. The van der Waals surface area contributed by atoms with Crippen molar-refractivity contribution in [2.45, 2.75) is 63.3 Å². The van der Waals surface area contributed by atoms with Crippen LogP contribution < -0.4 is 10.6 Å². The molecule has 2 amide bonds. The summed E-state index contributed by atoms with van der Waals surface area (Å²) < 4.78 is 0. The highest BCUT2D eigenvalue weighted by atomic mass is 32.1. The molecule has 0 atom stereocenters. The number of hydrogen-bond donors (Lipinski definition) is 2. The van der Waals surface area contributed by atoms with Gasteiger partial charge in [-0.05, 0) is 50.2 Å². The highest BCUT2D eigenvalue weighted by molar-refractivity contribution is 7.12. The van der Waals surface area contributed by atoms with Gasteiger partial charge >= 0.3 is 0 Å². The van der Waals surface area contributed by atoms with E-state index in [9.17, 15) is 9.59 Å². The number of carbonyl (C=O) groups is 2. The van der Waals surface area contributed by atoms with Crippen molar-refractivity contribution in [1.82, 2.24) is 15.5 Å². The Balaban J connectivity index is 1.44. The first-order chi connectivity index (χ1) is 12.7. The van der Waals surface area contributed by atoms with E-state index >= 15 is 0 Å². The number of hydrogen-bond acceptors (Lipinski definition) is 4. The Kier molecular flexibility index (Phi) is 7.08. The molecule has 5 nitrogen and oxygen atoms in total. The molecule has 2 N–H and O–H groups in total. The van der Waals surface area contributed by atoms with Gasteiger partial charge < -0.3 is 10.6 Å². The average Bonchev–Trinajstić information content (AvgIpc) is 3.23. The number of nitrogens with one attached hydrogen (secondary N) is 2. The number of carbonyl (C=O) groups excluding carboxylic acids is 2. The predicted molar refractivity (Wildman–Crippen MR) is 106 cm³/mol. The zero-order valence-electron chi connectivity index (χ0n) is 15.6. The third kappa shape index (κ3) is 5.07. The molecular weight excluding hydrogens is 346 g/mol. The number of rotatable bonds is 7. The third-order valence-electron chi connectivity index (χ3n) is 5.81. The van der Waals surface area contributed by atoms with Crippen LogP contribution in [0.25, 0.3) is 0 Å². The van der Waals surface area contributed by atoms with Gasteiger partial charge in [-0.2, -0.15) is 0 Å². The van der Waals surface area contributed by atoms with Crippen LogP contribution in [0, 0.1) is 0 Å². The molecule has 0 unspecified atom stereocenters. The Morgan fingerprint density at radius 2 is 1.77 bits per heavy atom. The summed E-state index contributed by atoms with van der Waals surface area (Å²) in [6.07, 6.45) is 10.5. The van der Waals surface area contributed by atoms with E-state index in [2.05, 4.69) is 15.5 Å². The summed E-state index contributed by atoms with van der Waals surface area (Å²) in [5.74, 6) is -0.0525. The van der Waals surface area contributed by atoms with Crippen LogP contribution in [-0.4, -0.2) is 48.4 Å². The van der Waals surface area contributed by atoms with Crippen molar-refractivity contribution < 1.29 is 9.59 Å². The molecule has 1 aromatic heterocycles. The molecule has 6 heteroatoms. The standard InChI is InChI=1S/C20H31N3O2S/c24-18(9-12-21-19(25)17-8-7-15-26-17)22-16-20(10-3-1-4-11-20)23-13-5-2-6-14-23/h7-8,15H,1-6,9-14,16H2,(H,21,25)(H,22,24). The van der Waals surface area contributed by atoms with Gasteiger partial charge in [0.1, 0.15) is 0 Å². The maximum atomic E-state index is 12.3. The van der Waals surface area contributed by atoms with E-state index in [-0.39, 0.29) is 17.4 Å². The fourth-order valence-corrected chi connectivity index (χ4v) is 4.96. The number of nitrogens with zero attached hydrogens (tertiary/aromatic N) is 1. The van der Waals surface area contributed by atoms with E-state index in [0.29, 0.717) is 17.8 Å². The number of likely N-dealkylation sites (tertiary alicyclic amines) is 1. The maximum Gasteiger partial charge on any atom is 0.261 e. The number of piperidine rings is 1. The van der Waals surface area contributed by atoms with Crippen LogP contribution in [0.4, 0.5) is 0 Å². The van der Waals surface area contributed by atoms with Gasteiger partial charge in [0.05, 0.1) is 4.88 Å². The summed E-state index contributed by atoms with van der Waals surface area (Å²) >= 11 is 1.42. The molecule has 3 rings (SSSR count). The zero-order valence-corrected chi connectivity index (χ0v) is 16.4. The lowest BCUT2D eigenvalue weighted by Crippen LogP contribution is -2.58. The largest absolute Gasteiger partial charge is 0.354 e. The Morgan fingerprint density at radius 3 is 2.46 bits per heavy atom. The lowest BCUT2D eigenvalue weighted by Gasteiger charge is -2.48. The predicted octanol–water partition coefficient (Wildman–Crippen LogP) is 3.17. The second-order valence-electron chi connectivity index (χ2n) is 7.59. The molecule has 0 radical (unpaired) electrons. The molecule has 144 valence electrons. The van der Waals surface area contributed by atoms with Gasteiger partial charge in [-0.3, -0.25) is 14.5 Å². The van der Waals surface area contributed by atoms with E-state index in [1.165, 1.54) is 75.8 Å². The molecule has 0 spiro atoms. The third-order valence-corrected chi connectivity index (χ3v) is 6.68. The minimum absolute atomic E-state index is 0.0402. The van der Waals surface area contributed by atoms with Gasteiger partial charge in [0.25, 0.3) is 5.91 Å². The quantitative estimate of drug-likeness (QED) is 0.767. The highest BCUT2D eigenvalue weighted by Crippen LogP contribution is 2.35. The van der Waals surface area contributed by atoms with Crippen LogP contribution >= 0.6 is 11.3 Å². The Hall–Kier alpha value is -1.40. The lowest BCUT2D eigenvalue weighted by atomic mass is 9.79. The van der Waals surface area contributed by atoms with Gasteiger partial charge in [-0.1, -0.05) is 31.7 Å². The van der Waals surface area contributed by atoms with Crippen LogP contribution in [0.15, 0.2) is 17.5 Å². The second kappa shape index (κ2) is 9.51. The Bertz CT molecular complexity index is 576. The molecule has 2 aliphatic rings. The smallest absolute Gasteiger partial charge is 0.261 e. The van der Waals surface area contributed by atoms with Gasteiger partial charge in [0, 0.05) is 25.0 Å². The number of amides is 2. The van der Waals surface area contributed by atoms with E-state index in [4.69, 9.17) is 0 Å². The van der Waals surface area contributed by atoms with E-state index in [1.807, 2.05) is 11.4 Å². The maximum absolute atomic E-state index is 12.3. The molecule has 26 heavy (non-hydrogen) atoms. The topological polar surface area (TPSA) is 61.4 Å². The zero-order chi connectivity index (χ0) is 18.2. The highest BCUT2D eigenvalue weighted by Gasteiger charge is 2.38. The van der Waals surface area contributed by atoms with Crippen LogP contribution in [0.5, 0.6) is 0 Å². The lowest BCUT2D eigenvalue weighted by molar-refractivity contribution is -0.122. The Labute approximate surface area is 160 Å². The van der Waals surface area contributed by atoms with Crippen LogP contribution in [0.3, 0.4) is 0 Å². The molecule has 1 aromatic rings. The van der Waals surface area contributed by atoms with Crippen LogP contribution in [0.1, 0.15) is 67.5 Å². The molecule has 1 aliphatic heterocycles. The van der Waals surface area contributed by atoms with E-state index in [0.717, 1.165) is 6.54 Å². The summed E-state index contributed by atoms with van der Waals surface area (Å²) in [6.45, 7) is 3.49. The summed E-state index contributed by atoms with van der Waals surface area (Å²) in [5.41, 5.74) is 0.161. The molecule has 0 bridgehead atoms. The molecule has 1 saturated heterocycles. The van der Waals surface area contributed by atoms with E-state index in [1.54, 1.807) is 6.07 Å². The van der Waals surface area contributed by atoms with Gasteiger partial charge in [0.2, 0.25) is 5.91 Å². The van der Waals surface area contributed by atoms with Crippen LogP contribution in [0.2, 0.25) is 0 Å². The average molecular weight is 378 g/mol. The SMILES string of the molecule is O=C(CCNC(=O)c1cccs1)NCC1(N2CCCCC2)CCCCC1. The van der Waals surface area contributed by atoms with Gasteiger partial charge in [-0.25, -0.2) is 0 Å². The van der Waals surface area contributed by atoms with Gasteiger partial charge in [-0.15, -0.1) is 11.3 Å². The number of thiophene rings is 1. The van der Waals surface area contributed by atoms with Crippen molar-refractivity contribution in [3.05, 3.63) is 22.4 Å². The van der Waals surface area contributed by atoms with Crippen molar-refractivity contribution in [2.24, 2.45) is 0 Å². The van der Waals surface area contributed by atoms with E-state index < -0.39 is 0 Å². The van der Waals surface area contributed by atoms with Crippen molar-refractivity contribution in [3.63, 3.8) is 0 Å². The van der Waals surface area contributed by atoms with Gasteiger partial charge in [0.15, 0.2) is 0 Å². The van der Waals surface area contributed by atoms with Crippen molar-refractivity contribution in [3.8, 4) is 0 Å². The minimum atomic E-state index is -0.0927. The van der Waals surface area contributed by atoms with Crippen LogP contribution in [-0.2, 0) is 4.79 Å². The first-order valence-corrected chi connectivity index (χ1v) is 10.9. The normalized spacial score (nSPS) is 20.5.